The topological polar surface area (TPSA) is 225 Å². The van der Waals surface area contributed by atoms with Gasteiger partial charge in [-0.2, -0.15) is 15.4 Å². The molecule has 0 amide bonds. The summed E-state index contributed by atoms with van der Waals surface area (Å²) in [5.41, 5.74) is 4.48. The van der Waals surface area contributed by atoms with Gasteiger partial charge in [-0.15, -0.1) is 0 Å². The van der Waals surface area contributed by atoms with E-state index in [0.29, 0.717) is 31.6 Å². The van der Waals surface area contributed by atoms with Gasteiger partial charge in [0.05, 0.1) is 18.9 Å². The molecule has 0 spiro atoms. The molecule has 3 N–H and O–H groups in total. The monoisotopic (exact) mass is 714 g/mol. The van der Waals surface area contributed by atoms with Crippen LogP contribution in [0.3, 0.4) is 0 Å². The van der Waals surface area contributed by atoms with E-state index < -0.39 is 62.2 Å². The predicted octanol–water partition coefficient (Wildman–Crippen LogP) is 3.19. The van der Waals surface area contributed by atoms with Gasteiger partial charge in [0.2, 0.25) is 5.60 Å². The van der Waals surface area contributed by atoms with Crippen molar-refractivity contribution >= 4 is 37.0 Å². The zero-order chi connectivity index (χ0) is 35.9. The number of carbonyl (C=O) groups is 3. The predicted molar refractivity (Wildman–Crippen MR) is 173 cm³/mol. The van der Waals surface area contributed by atoms with Crippen molar-refractivity contribution in [3.8, 4) is 11.8 Å². The zero-order valence-corrected chi connectivity index (χ0v) is 28.7. The Morgan fingerprint density at radius 2 is 1.80 bits per heavy atom. The summed E-state index contributed by atoms with van der Waals surface area (Å²) in [6, 6.07) is 12.0. The number of anilines is 1. The maximum absolute atomic E-state index is 14.4. The minimum absolute atomic E-state index is 0.0519. The zero-order valence-electron chi connectivity index (χ0n) is 27.8. The van der Waals surface area contributed by atoms with Crippen molar-refractivity contribution < 1.29 is 51.7 Å². The van der Waals surface area contributed by atoms with Crippen LogP contribution in [0.15, 0.2) is 48.8 Å². The summed E-state index contributed by atoms with van der Waals surface area (Å²) in [4.78, 5) is 42.6. The molecule has 0 bridgehead atoms. The number of hydrogen-bond donors (Lipinski definition) is 2. The summed E-state index contributed by atoms with van der Waals surface area (Å²) >= 11 is 0. The Labute approximate surface area is 287 Å². The standard InChI is InChI=1S/C32H39N6O11P/c1-4-25(39)46-28-27(23-11-12-24-30(34)35-19-36-38(23)24)48-32(17-33,29(28)47-26(40)5-2)18-44-50(42,49-22-9-7-6-8-10-22)37-20(3)31(41)45-21-13-15-43-16-14-21/h6-12,19-21,27-29H,4-5,13-16,18H2,1-3H3,(H,37,42)(H2,34,35,36)/t20-,27-,28-,29-,32+,50-/m0/s1. The molecule has 4 heterocycles. The quantitative estimate of drug-likeness (QED) is 0.139. The van der Waals surface area contributed by atoms with Crippen LogP contribution in [-0.4, -0.2) is 82.3 Å². The van der Waals surface area contributed by atoms with Gasteiger partial charge in [0.25, 0.3) is 0 Å². The molecule has 18 heteroatoms. The fourth-order valence-electron chi connectivity index (χ4n) is 5.43. The number of nitrogens with two attached hydrogens (primary N) is 1. The van der Waals surface area contributed by atoms with Crippen molar-refractivity contribution in [2.75, 3.05) is 25.6 Å². The van der Waals surface area contributed by atoms with Crippen molar-refractivity contribution in [2.45, 2.75) is 82.5 Å². The second-order valence-electron chi connectivity index (χ2n) is 11.6. The lowest BCUT2D eigenvalue weighted by molar-refractivity contribution is -0.169. The lowest BCUT2D eigenvalue weighted by Crippen LogP contribution is -2.49. The minimum Gasteiger partial charge on any atom is -0.461 e. The van der Waals surface area contributed by atoms with Gasteiger partial charge in [-0.05, 0) is 31.2 Å². The molecule has 2 aliphatic rings. The van der Waals surface area contributed by atoms with E-state index in [-0.39, 0.29) is 36.2 Å². The molecule has 50 heavy (non-hydrogen) atoms. The number of ether oxygens (including phenoxy) is 5. The van der Waals surface area contributed by atoms with Crippen LogP contribution in [0.25, 0.3) is 5.52 Å². The van der Waals surface area contributed by atoms with Gasteiger partial charge in [-0.3, -0.25) is 18.9 Å². The second-order valence-corrected chi connectivity index (χ2v) is 13.3. The van der Waals surface area contributed by atoms with Gasteiger partial charge in [0.1, 0.15) is 48.5 Å². The van der Waals surface area contributed by atoms with Crippen LogP contribution in [0.5, 0.6) is 5.75 Å². The summed E-state index contributed by atoms with van der Waals surface area (Å²) in [7, 11) is -4.56. The Morgan fingerprint density at radius 3 is 2.48 bits per heavy atom. The number of benzene rings is 1. The van der Waals surface area contributed by atoms with Crippen LogP contribution in [-0.2, 0) is 47.2 Å². The summed E-state index contributed by atoms with van der Waals surface area (Å²) in [6.45, 7) is 4.56. The number of nitrogens with one attached hydrogen (secondary N) is 1. The summed E-state index contributed by atoms with van der Waals surface area (Å²) in [5, 5.41) is 17.6. The molecule has 0 radical (unpaired) electrons. The van der Waals surface area contributed by atoms with E-state index >= 15 is 0 Å². The largest absolute Gasteiger partial charge is 0.461 e. The average Bonchev–Trinajstić information content (AvgIpc) is 3.68. The van der Waals surface area contributed by atoms with Crippen LogP contribution in [0, 0.1) is 11.3 Å². The highest BCUT2D eigenvalue weighted by Crippen LogP contribution is 2.50. The maximum atomic E-state index is 14.4. The van der Waals surface area contributed by atoms with Crippen molar-refractivity contribution in [3.63, 3.8) is 0 Å². The van der Waals surface area contributed by atoms with Gasteiger partial charge >= 0.3 is 25.7 Å². The molecule has 0 aliphatic carbocycles. The summed E-state index contributed by atoms with van der Waals surface area (Å²) in [6.07, 6.45) is -2.57. The van der Waals surface area contributed by atoms with Gasteiger partial charge in [-0.25, -0.2) is 14.1 Å². The SMILES string of the molecule is CCC(=O)O[C@H]1[C@H](c2ccc3c(N)ncnn23)O[C@](C#N)(CO[P@@](=O)(N[C@@H](C)C(=O)OC2CCOCC2)Oc2ccccc2)[C@H]1OC(=O)CC. The third-order valence-electron chi connectivity index (χ3n) is 8.06. The number of nitriles is 1. The second kappa shape index (κ2) is 16.0. The number of para-hydroxylation sites is 1. The van der Waals surface area contributed by atoms with E-state index in [9.17, 15) is 24.2 Å². The Hall–Kier alpha value is -4.59. The lowest BCUT2D eigenvalue weighted by atomic mass is 9.95. The van der Waals surface area contributed by atoms with E-state index in [1.807, 2.05) is 6.07 Å². The molecule has 5 rings (SSSR count). The van der Waals surface area contributed by atoms with Gasteiger partial charge in [0, 0.05) is 25.7 Å². The normalized spacial score (nSPS) is 24.1. The molecule has 17 nitrogen and oxygen atoms in total. The maximum Gasteiger partial charge on any atom is 0.459 e. The van der Waals surface area contributed by atoms with Gasteiger partial charge < -0.3 is 33.9 Å². The molecule has 3 aromatic rings. The molecular formula is C32H39N6O11P. The van der Waals surface area contributed by atoms with Crippen LogP contribution in [0.4, 0.5) is 5.82 Å². The highest BCUT2D eigenvalue weighted by molar-refractivity contribution is 7.52. The third kappa shape index (κ3) is 8.23. The van der Waals surface area contributed by atoms with E-state index in [1.165, 1.54) is 29.9 Å². The number of aromatic nitrogens is 3. The first-order valence-electron chi connectivity index (χ1n) is 16.1. The first kappa shape index (κ1) is 36.7. The van der Waals surface area contributed by atoms with Crippen LogP contribution in [0.2, 0.25) is 0 Å². The molecule has 2 aliphatic heterocycles. The number of hydrogen-bond acceptors (Lipinski definition) is 15. The number of nitrogen functional groups attached to an aromatic ring is 1. The van der Waals surface area contributed by atoms with Crippen molar-refractivity contribution in [1.82, 2.24) is 19.7 Å². The molecule has 1 aromatic carbocycles. The highest BCUT2D eigenvalue weighted by Gasteiger charge is 2.62. The molecule has 2 aromatic heterocycles. The number of rotatable bonds is 14. The number of fused-ring (bicyclic) bond motifs is 1. The smallest absolute Gasteiger partial charge is 0.459 e. The first-order chi connectivity index (χ1) is 24.0. The Bertz CT molecular complexity index is 1760. The van der Waals surface area contributed by atoms with Crippen LogP contribution < -0.4 is 15.3 Å². The Balaban J connectivity index is 1.49. The lowest BCUT2D eigenvalue weighted by Gasteiger charge is -2.30. The Morgan fingerprint density at radius 1 is 1.10 bits per heavy atom. The molecular weight excluding hydrogens is 675 g/mol. The molecule has 2 fully saturated rings. The summed E-state index contributed by atoms with van der Waals surface area (Å²) in [5.74, 6) is -1.88. The first-order valence-corrected chi connectivity index (χ1v) is 17.7. The minimum atomic E-state index is -4.56. The Kier molecular flexibility index (Phi) is 11.7. The number of carbonyl (C=O) groups excluding carboxylic acids is 3. The fourth-order valence-corrected chi connectivity index (χ4v) is 6.95. The van der Waals surface area contributed by atoms with E-state index in [4.69, 9.17) is 38.5 Å². The number of nitrogens with zero attached hydrogens (tertiary/aromatic N) is 4. The van der Waals surface area contributed by atoms with Gasteiger partial charge in [0.15, 0.2) is 18.0 Å². The molecule has 0 unspecified atom stereocenters. The van der Waals surface area contributed by atoms with E-state index in [0.717, 1.165) is 0 Å². The number of esters is 3. The van der Waals surface area contributed by atoms with E-state index in [2.05, 4.69) is 15.2 Å². The average molecular weight is 715 g/mol. The van der Waals surface area contributed by atoms with Crippen molar-refractivity contribution in [3.05, 3.63) is 54.5 Å². The van der Waals surface area contributed by atoms with E-state index in [1.54, 1.807) is 44.2 Å². The fraction of sp³-hybridized carbons (Fsp3) is 0.500. The molecule has 6 atom stereocenters. The summed E-state index contributed by atoms with van der Waals surface area (Å²) < 4.78 is 56.2. The molecule has 2 saturated heterocycles. The highest BCUT2D eigenvalue weighted by atomic mass is 31.2. The van der Waals surface area contributed by atoms with Crippen molar-refractivity contribution in [2.24, 2.45) is 0 Å². The van der Waals surface area contributed by atoms with Crippen molar-refractivity contribution in [1.29, 1.82) is 5.26 Å². The van der Waals surface area contributed by atoms with Crippen LogP contribution >= 0.6 is 7.75 Å². The van der Waals surface area contributed by atoms with Crippen LogP contribution in [0.1, 0.15) is 58.3 Å². The molecule has 268 valence electrons. The molecule has 0 saturated carbocycles. The third-order valence-corrected chi connectivity index (χ3v) is 9.69. The van der Waals surface area contributed by atoms with Gasteiger partial charge in [-0.1, -0.05) is 32.0 Å².